The molecule has 3 atom stereocenters. The minimum atomic E-state index is -0.431. The van der Waals surface area contributed by atoms with Gasteiger partial charge in [0.05, 0.1) is 16.0 Å². The van der Waals surface area contributed by atoms with Crippen LogP contribution in [0.5, 0.6) is 0 Å². The van der Waals surface area contributed by atoms with Crippen molar-refractivity contribution in [2.45, 2.75) is 69.8 Å². The summed E-state index contributed by atoms with van der Waals surface area (Å²) in [5.74, 6) is 0.942. The van der Waals surface area contributed by atoms with Gasteiger partial charge >= 0.3 is 0 Å². The third-order valence-electron chi connectivity index (χ3n) is 5.73. The van der Waals surface area contributed by atoms with Crippen LogP contribution < -0.4 is 5.32 Å². The zero-order chi connectivity index (χ0) is 19.4. The molecule has 4 nitrogen and oxygen atoms in total. The molecule has 1 saturated heterocycles. The van der Waals surface area contributed by atoms with Crippen molar-refractivity contribution >= 4 is 35.2 Å². The van der Waals surface area contributed by atoms with Gasteiger partial charge in [-0.15, -0.1) is 11.8 Å². The van der Waals surface area contributed by atoms with Crippen LogP contribution in [0.25, 0.3) is 0 Å². The lowest BCUT2D eigenvalue weighted by molar-refractivity contribution is -0.125. The normalized spacial score (nSPS) is 24.6. The van der Waals surface area contributed by atoms with Gasteiger partial charge in [0.15, 0.2) is 0 Å². The Morgan fingerprint density at radius 2 is 1.96 bits per heavy atom. The van der Waals surface area contributed by atoms with E-state index in [9.17, 15) is 9.59 Å². The monoisotopic (exact) mass is 408 g/mol. The molecule has 1 aromatic rings. The third kappa shape index (κ3) is 4.62. The van der Waals surface area contributed by atoms with Crippen LogP contribution in [0.1, 0.15) is 62.7 Å². The summed E-state index contributed by atoms with van der Waals surface area (Å²) >= 11 is 8.07. The summed E-state index contributed by atoms with van der Waals surface area (Å²) in [6, 6.07) is 6.82. The Labute approximate surface area is 171 Å². The molecular formula is C21H29ClN2O2S. The summed E-state index contributed by atoms with van der Waals surface area (Å²) in [5.41, 5.74) is 0.490. The summed E-state index contributed by atoms with van der Waals surface area (Å²) in [5, 5.41) is 3.57. The number of carbonyl (C=O) groups is 2. The maximum absolute atomic E-state index is 13.4. The average Bonchev–Trinajstić information content (AvgIpc) is 3.13. The van der Waals surface area contributed by atoms with Crippen molar-refractivity contribution in [1.29, 1.82) is 0 Å². The molecule has 0 spiro atoms. The standard InChI is InChI=1S/C21H29ClN2O2S/c1-3-14(2)23-19(25)18-13-27-21(15-9-5-4-6-10-15)24(18)20(26)16-11-7-8-12-17(16)22/h7-8,11-12,14-15,18,21H,3-6,9-10,13H2,1-2H3,(H,23,25)/t14-,18-,21+/m0/s1. The van der Waals surface area contributed by atoms with Crippen molar-refractivity contribution in [2.24, 2.45) is 5.92 Å². The maximum Gasteiger partial charge on any atom is 0.256 e. The van der Waals surface area contributed by atoms with Crippen LogP contribution >= 0.6 is 23.4 Å². The molecule has 1 aromatic carbocycles. The van der Waals surface area contributed by atoms with Gasteiger partial charge in [-0.1, -0.05) is 49.9 Å². The molecule has 3 rings (SSSR count). The molecule has 1 N–H and O–H groups in total. The first-order chi connectivity index (χ1) is 13.0. The van der Waals surface area contributed by atoms with Crippen molar-refractivity contribution in [2.75, 3.05) is 5.75 Å². The lowest BCUT2D eigenvalue weighted by Gasteiger charge is -2.36. The van der Waals surface area contributed by atoms with Gasteiger partial charge < -0.3 is 10.2 Å². The number of carbonyl (C=O) groups excluding carboxylic acids is 2. The second-order valence-electron chi connectivity index (χ2n) is 7.65. The van der Waals surface area contributed by atoms with Gasteiger partial charge in [0, 0.05) is 11.8 Å². The predicted molar refractivity (Wildman–Crippen MR) is 112 cm³/mol. The minimum absolute atomic E-state index is 0.0458. The van der Waals surface area contributed by atoms with Crippen LogP contribution in [0, 0.1) is 5.92 Å². The molecule has 0 unspecified atom stereocenters. The highest BCUT2D eigenvalue weighted by molar-refractivity contribution is 8.00. The number of nitrogens with one attached hydrogen (secondary N) is 1. The average molecular weight is 409 g/mol. The van der Waals surface area contributed by atoms with Crippen LogP contribution in [0.4, 0.5) is 0 Å². The van der Waals surface area contributed by atoms with E-state index in [0.29, 0.717) is 22.3 Å². The zero-order valence-corrected chi connectivity index (χ0v) is 17.7. The van der Waals surface area contributed by atoms with Crippen LogP contribution in [0.15, 0.2) is 24.3 Å². The number of hydrogen-bond donors (Lipinski definition) is 1. The van der Waals surface area contributed by atoms with Crippen LogP contribution in [0.2, 0.25) is 5.02 Å². The van der Waals surface area contributed by atoms with Crippen LogP contribution in [-0.2, 0) is 4.79 Å². The van der Waals surface area contributed by atoms with Gasteiger partial charge in [0.1, 0.15) is 6.04 Å². The first-order valence-electron chi connectivity index (χ1n) is 10.0. The van der Waals surface area contributed by atoms with Gasteiger partial charge in [-0.25, -0.2) is 0 Å². The molecule has 1 saturated carbocycles. The predicted octanol–water partition coefficient (Wildman–Crippen LogP) is 4.72. The van der Waals surface area contributed by atoms with E-state index in [4.69, 9.17) is 11.6 Å². The highest BCUT2D eigenvalue weighted by Crippen LogP contribution is 2.41. The number of benzene rings is 1. The molecule has 0 aromatic heterocycles. The first-order valence-corrected chi connectivity index (χ1v) is 11.4. The van der Waals surface area contributed by atoms with Crippen molar-refractivity contribution in [1.82, 2.24) is 10.2 Å². The smallest absolute Gasteiger partial charge is 0.256 e. The Balaban J connectivity index is 1.88. The van der Waals surface area contributed by atoms with Crippen molar-refractivity contribution in [3.8, 4) is 0 Å². The summed E-state index contributed by atoms with van der Waals surface area (Å²) in [6.45, 7) is 4.05. The van der Waals surface area contributed by atoms with E-state index in [2.05, 4.69) is 5.32 Å². The molecule has 0 bridgehead atoms. The highest BCUT2D eigenvalue weighted by Gasteiger charge is 2.45. The minimum Gasteiger partial charge on any atom is -0.352 e. The molecule has 1 heterocycles. The first kappa shape index (κ1) is 20.5. The van der Waals surface area contributed by atoms with E-state index < -0.39 is 6.04 Å². The lowest BCUT2D eigenvalue weighted by Crippen LogP contribution is -2.52. The van der Waals surface area contributed by atoms with E-state index in [-0.39, 0.29) is 23.2 Å². The number of amides is 2. The quantitative estimate of drug-likeness (QED) is 0.766. The molecule has 2 aliphatic rings. The summed E-state index contributed by atoms with van der Waals surface area (Å²) in [6.07, 6.45) is 6.81. The Kier molecular flexibility index (Phi) is 7.10. The molecule has 1 aliphatic heterocycles. The van der Waals surface area contributed by atoms with Gasteiger partial charge in [-0.3, -0.25) is 9.59 Å². The largest absolute Gasteiger partial charge is 0.352 e. The highest BCUT2D eigenvalue weighted by atomic mass is 35.5. The fourth-order valence-corrected chi connectivity index (χ4v) is 5.84. The van der Waals surface area contributed by atoms with Gasteiger partial charge in [0.2, 0.25) is 5.91 Å². The second-order valence-corrected chi connectivity index (χ2v) is 9.20. The molecule has 27 heavy (non-hydrogen) atoms. The van der Waals surface area contributed by atoms with Crippen molar-refractivity contribution in [3.05, 3.63) is 34.9 Å². The van der Waals surface area contributed by atoms with Gasteiger partial charge in [-0.05, 0) is 44.2 Å². The number of nitrogens with zero attached hydrogens (tertiary/aromatic N) is 1. The molecule has 2 amide bonds. The van der Waals surface area contributed by atoms with Gasteiger partial charge in [0.25, 0.3) is 5.91 Å². The Morgan fingerprint density at radius 3 is 2.63 bits per heavy atom. The molecule has 0 radical (unpaired) electrons. The molecule has 148 valence electrons. The van der Waals surface area contributed by atoms with E-state index >= 15 is 0 Å². The van der Waals surface area contributed by atoms with E-state index in [0.717, 1.165) is 19.3 Å². The summed E-state index contributed by atoms with van der Waals surface area (Å²) in [7, 11) is 0. The summed E-state index contributed by atoms with van der Waals surface area (Å²) < 4.78 is 0. The number of hydrogen-bond acceptors (Lipinski definition) is 3. The molecule has 2 fully saturated rings. The van der Waals surface area contributed by atoms with E-state index in [1.807, 2.05) is 30.9 Å². The summed E-state index contributed by atoms with van der Waals surface area (Å²) in [4.78, 5) is 28.2. The Bertz CT molecular complexity index is 678. The van der Waals surface area contributed by atoms with Crippen molar-refractivity contribution in [3.63, 3.8) is 0 Å². The Hall–Kier alpha value is -1.20. The number of rotatable bonds is 5. The molecule has 6 heteroatoms. The molecular weight excluding hydrogens is 380 g/mol. The van der Waals surface area contributed by atoms with Gasteiger partial charge in [-0.2, -0.15) is 0 Å². The fourth-order valence-electron chi connectivity index (χ4n) is 3.98. The second kappa shape index (κ2) is 9.33. The maximum atomic E-state index is 13.4. The zero-order valence-electron chi connectivity index (χ0n) is 16.1. The van der Waals surface area contributed by atoms with Crippen LogP contribution in [-0.4, -0.2) is 39.9 Å². The van der Waals surface area contributed by atoms with Crippen LogP contribution in [0.3, 0.4) is 0 Å². The SMILES string of the molecule is CC[C@H](C)NC(=O)[C@@H]1CS[C@H](C2CCCCC2)N1C(=O)c1ccccc1Cl. The van der Waals surface area contributed by atoms with E-state index in [1.165, 1.54) is 19.3 Å². The number of halogens is 1. The van der Waals surface area contributed by atoms with Crippen molar-refractivity contribution < 1.29 is 9.59 Å². The Morgan fingerprint density at radius 1 is 1.26 bits per heavy atom. The third-order valence-corrected chi connectivity index (χ3v) is 7.52. The van der Waals surface area contributed by atoms with E-state index in [1.54, 1.807) is 23.9 Å². The fraction of sp³-hybridized carbons (Fsp3) is 0.619. The molecule has 1 aliphatic carbocycles. The topological polar surface area (TPSA) is 49.4 Å². The lowest BCUT2D eigenvalue weighted by atomic mass is 9.88. The number of thioether (sulfide) groups is 1.